The van der Waals surface area contributed by atoms with Crippen molar-refractivity contribution in [1.29, 1.82) is 5.26 Å². The number of hydrogen-bond acceptors (Lipinski definition) is 14. The Morgan fingerprint density at radius 2 is 1.51 bits per heavy atom. The van der Waals surface area contributed by atoms with Crippen LogP contribution in [-0.2, 0) is 28.9 Å². The van der Waals surface area contributed by atoms with Crippen LogP contribution in [0.15, 0.2) is 127 Å². The summed E-state index contributed by atoms with van der Waals surface area (Å²) in [6.45, 7) is 8.68. The summed E-state index contributed by atoms with van der Waals surface area (Å²) in [5.74, 6) is 1.19. The van der Waals surface area contributed by atoms with Gasteiger partial charge in [-0.3, -0.25) is 9.36 Å². The third-order valence-corrected chi connectivity index (χ3v) is 13.6. The standard InChI is InChI=1S/C50H57N10O8P/c1-34(2)60(35(3)4)69(66-30-13-27-51)68-44-42(31-65-50(37-17-11-8-12-18-37,38-19-23-40(62-5)24-20-38)39-21-25-41(63-6)26-22-39)67-49(45(44)64-29-14-28-56-58-52)59-33-55-43-46(53-32-54-47(43)59)57-48(61)36-15-9-7-10-16-36/h7-12,15-26,32-35,42,44-45,49H,13-14,28-31H2,1-6H3,(H,53,54,57,61)/t42-,44-,45-,49-,69?/m1/s1. The maximum absolute atomic E-state index is 13.4. The van der Waals surface area contributed by atoms with Crippen LogP contribution < -0.4 is 14.8 Å². The van der Waals surface area contributed by atoms with Crippen molar-refractivity contribution < 1.29 is 37.5 Å². The summed E-state index contributed by atoms with van der Waals surface area (Å²) in [7, 11) is 1.39. The molecule has 0 bridgehead atoms. The lowest BCUT2D eigenvalue weighted by molar-refractivity contribution is -0.0954. The molecular weight excluding hydrogens is 900 g/mol. The van der Waals surface area contributed by atoms with Crippen LogP contribution >= 0.6 is 8.53 Å². The van der Waals surface area contributed by atoms with Gasteiger partial charge in [0.2, 0.25) is 0 Å². The number of hydrogen-bond donors (Lipinski definition) is 1. The van der Waals surface area contributed by atoms with Crippen molar-refractivity contribution in [3.8, 4) is 17.6 Å². The lowest BCUT2D eigenvalue weighted by atomic mass is 9.80. The van der Waals surface area contributed by atoms with Crippen molar-refractivity contribution in [1.82, 2.24) is 24.2 Å². The van der Waals surface area contributed by atoms with Crippen LogP contribution in [-0.4, -0.2) is 101 Å². The van der Waals surface area contributed by atoms with Crippen molar-refractivity contribution in [2.75, 3.05) is 45.9 Å². The van der Waals surface area contributed by atoms with Crippen LogP contribution in [0.1, 0.15) is 73.8 Å². The lowest BCUT2D eigenvalue weighted by Gasteiger charge is -2.39. The first kappa shape index (κ1) is 50.4. The van der Waals surface area contributed by atoms with Gasteiger partial charge >= 0.3 is 0 Å². The molecule has 1 unspecified atom stereocenters. The van der Waals surface area contributed by atoms with Crippen LogP contribution in [0, 0.1) is 11.3 Å². The van der Waals surface area contributed by atoms with Gasteiger partial charge in [-0.2, -0.15) is 5.26 Å². The highest BCUT2D eigenvalue weighted by Gasteiger charge is 2.52. The van der Waals surface area contributed by atoms with Crippen LogP contribution in [0.5, 0.6) is 11.5 Å². The van der Waals surface area contributed by atoms with E-state index >= 15 is 0 Å². The molecule has 2 aromatic heterocycles. The molecule has 7 rings (SSSR count). The van der Waals surface area contributed by atoms with Crippen molar-refractivity contribution >= 4 is 31.4 Å². The normalized spacial score (nSPS) is 17.4. The van der Waals surface area contributed by atoms with Gasteiger partial charge in [0, 0.05) is 35.7 Å². The highest BCUT2D eigenvalue weighted by molar-refractivity contribution is 7.44. The number of nitrogens with zero attached hydrogens (tertiary/aromatic N) is 9. The van der Waals surface area contributed by atoms with E-state index in [4.69, 9.17) is 43.2 Å². The summed E-state index contributed by atoms with van der Waals surface area (Å²) >= 11 is 0. The number of ether oxygens (including phenoxy) is 5. The van der Waals surface area contributed by atoms with Crippen molar-refractivity contribution in [3.63, 3.8) is 0 Å². The topological polar surface area (TPSA) is 213 Å². The molecule has 5 atom stereocenters. The Kier molecular flexibility index (Phi) is 17.6. The number of benzene rings is 4. The average Bonchev–Trinajstić information content (AvgIpc) is 3.96. The summed E-state index contributed by atoms with van der Waals surface area (Å²) < 4.78 is 50.2. The van der Waals surface area contributed by atoms with E-state index < -0.39 is 38.7 Å². The molecule has 0 aliphatic carbocycles. The molecule has 69 heavy (non-hydrogen) atoms. The third kappa shape index (κ3) is 11.7. The molecule has 0 saturated carbocycles. The minimum Gasteiger partial charge on any atom is -0.497 e. The Labute approximate surface area is 403 Å². The van der Waals surface area contributed by atoms with Gasteiger partial charge in [-0.15, -0.1) is 0 Å². The summed E-state index contributed by atoms with van der Waals surface area (Å²) in [6.07, 6.45) is -0.109. The predicted octanol–water partition coefficient (Wildman–Crippen LogP) is 9.75. The highest BCUT2D eigenvalue weighted by Crippen LogP contribution is 2.51. The molecule has 1 aliphatic rings. The number of anilines is 1. The number of carbonyl (C=O) groups excluding carboxylic acids is 1. The second-order valence-corrected chi connectivity index (χ2v) is 17.9. The van der Waals surface area contributed by atoms with Gasteiger partial charge in [-0.25, -0.2) is 19.6 Å². The molecule has 4 aromatic carbocycles. The Bertz CT molecular complexity index is 2610. The van der Waals surface area contributed by atoms with Gasteiger partial charge < -0.3 is 38.0 Å². The van der Waals surface area contributed by atoms with Gasteiger partial charge in [-0.05, 0) is 92.7 Å². The molecule has 360 valence electrons. The number of azide groups is 1. The molecule has 0 spiro atoms. The molecular formula is C50H57N10O8P. The smallest absolute Gasteiger partial charge is 0.259 e. The second kappa shape index (κ2) is 24.2. The summed E-state index contributed by atoms with van der Waals surface area (Å²) in [6, 6.07) is 36.4. The molecule has 1 fully saturated rings. The number of rotatable bonds is 24. The second-order valence-electron chi connectivity index (χ2n) is 16.5. The number of aromatic nitrogens is 4. The molecule has 1 aliphatic heterocycles. The zero-order valence-corrected chi connectivity index (χ0v) is 40.4. The summed E-state index contributed by atoms with van der Waals surface area (Å²) in [5.41, 5.74) is 11.4. The van der Waals surface area contributed by atoms with E-state index in [0.717, 1.165) is 16.7 Å². The van der Waals surface area contributed by atoms with Crippen molar-refractivity contribution in [2.45, 2.75) is 82.8 Å². The number of imidazole rings is 1. The first-order valence-electron chi connectivity index (χ1n) is 22.7. The van der Waals surface area contributed by atoms with Crippen molar-refractivity contribution in [2.24, 2.45) is 5.11 Å². The Morgan fingerprint density at radius 1 is 0.884 bits per heavy atom. The number of carbonyl (C=O) groups is 1. The number of methoxy groups -OCH3 is 2. The van der Waals surface area contributed by atoms with Crippen molar-refractivity contribution in [3.05, 3.63) is 155 Å². The van der Waals surface area contributed by atoms with E-state index in [9.17, 15) is 10.1 Å². The van der Waals surface area contributed by atoms with Crippen LogP contribution in [0.25, 0.3) is 21.6 Å². The SMILES string of the molecule is COc1ccc(C(OC[C@H]2O[C@@H](n3cnc4c(NC(=O)c5ccccc5)ncnc43)[C@H](OCCCN=[N+]=[N-])[C@@H]2OP(OCCC#N)N(C(C)C)C(C)C)(c2ccccc2)c2ccc(OC)cc2)cc1. The predicted molar refractivity (Wildman–Crippen MR) is 260 cm³/mol. The Morgan fingerprint density at radius 3 is 2.10 bits per heavy atom. The molecule has 1 amide bonds. The Balaban J connectivity index is 1.37. The number of amides is 1. The van der Waals surface area contributed by atoms with Gasteiger partial charge in [0.15, 0.2) is 23.2 Å². The molecule has 1 saturated heterocycles. The van der Waals surface area contributed by atoms with Gasteiger partial charge in [0.05, 0.1) is 46.3 Å². The molecule has 0 radical (unpaired) electrons. The van der Waals surface area contributed by atoms with E-state index in [-0.39, 0.29) is 56.6 Å². The Hall–Kier alpha value is -6.51. The minimum absolute atomic E-state index is 0.0242. The van der Waals surface area contributed by atoms with Crippen LogP contribution in [0.3, 0.4) is 0 Å². The van der Waals surface area contributed by atoms with E-state index in [1.807, 2.05) is 84.9 Å². The maximum atomic E-state index is 13.4. The zero-order chi connectivity index (χ0) is 48.8. The lowest BCUT2D eigenvalue weighted by Crippen LogP contribution is -2.43. The van der Waals surface area contributed by atoms with E-state index in [1.165, 1.54) is 6.33 Å². The third-order valence-electron chi connectivity index (χ3n) is 11.5. The highest BCUT2D eigenvalue weighted by atomic mass is 31.2. The monoisotopic (exact) mass is 956 g/mol. The fourth-order valence-electron chi connectivity index (χ4n) is 8.35. The summed E-state index contributed by atoms with van der Waals surface area (Å²) in [5, 5.41) is 16.2. The molecule has 3 heterocycles. The molecule has 1 N–H and O–H groups in total. The van der Waals surface area contributed by atoms with Gasteiger partial charge in [0.1, 0.15) is 41.7 Å². The number of nitriles is 1. The van der Waals surface area contributed by atoms with Gasteiger partial charge in [0.25, 0.3) is 14.4 Å². The number of fused-ring (bicyclic) bond motifs is 1. The zero-order valence-electron chi connectivity index (χ0n) is 39.5. The molecule has 18 nitrogen and oxygen atoms in total. The number of nitrogens with one attached hydrogen (secondary N) is 1. The van der Waals surface area contributed by atoms with E-state index in [2.05, 4.69) is 63.7 Å². The van der Waals surface area contributed by atoms with E-state index in [0.29, 0.717) is 34.6 Å². The molecule has 19 heteroatoms. The largest absolute Gasteiger partial charge is 0.497 e. The first-order valence-corrected chi connectivity index (χ1v) is 23.8. The minimum atomic E-state index is -1.86. The maximum Gasteiger partial charge on any atom is 0.259 e. The fraction of sp³-hybridized carbons (Fsp3) is 0.380. The quantitative estimate of drug-likeness (QED) is 0.0150. The fourth-order valence-corrected chi connectivity index (χ4v) is 10.1. The van der Waals surface area contributed by atoms with E-state index in [1.54, 1.807) is 49.4 Å². The van der Waals surface area contributed by atoms with Crippen LogP contribution in [0.2, 0.25) is 0 Å². The molecule has 6 aromatic rings. The first-order chi connectivity index (χ1) is 33.6. The average molecular weight is 957 g/mol. The van der Waals surface area contributed by atoms with Gasteiger partial charge in [-0.1, -0.05) is 77.9 Å². The van der Waals surface area contributed by atoms with Crippen LogP contribution in [0.4, 0.5) is 5.82 Å². The summed E-state index contributed by atoms with van der Waals surface area (Å²) in [4.78, 5) is 30.1.